The monoisotopic (exact) mass is 500 g/mol. The van der Waals surface area contributed by atoms with E-state index in [4.69, 9.17) is 0 Å². The van der Waals surface area contributed by atoms with Crippen molar-refractivity contribution < 1.29 is 42.1 Å². The summed E-state index contributed by atoms with van der Waals surface area (Å²) < 4.78 is 1.66. The van der Waals surface area contributed by atoms with Gasteiger partial charge in [-0.25, -0.2) is 5.39 Å². The van der Waals surface area contributed by atoms with Crippen LogP contribution in [-0.2, 0) is 49.2 Å². The van der Waals surface area contributed by atoms with Gasteiger partial charge in [-0.1, -0.05) is 6.33 Å². The molecular formula is C6H4N4W2-2. The second-order valence-corrected chi connectivity index (χ2v) is 1.94. The van der Waals surface area contributed by atoms with Gasteiger partial charge in [0.1, 0.15) is 0 Å². The van der Waals surface area contributed by atoms with Gasteiger partial charge in [-0.3, -0.25) is 5.10 Å². The van der Waals surface area contributed by atoms with Crippen molar-refractivity contribution in [2.45, 2.75) is 0 Å². The number of aromatic nitrogens is 4. The van der Waals surface area contributed by atoms with Gasteiger partial charge in [-0.2, -0.15) is 6.20 Å². The number of aryl methyl sites for hydroxylation is 1. The zero-order chi connectivity index (χ0) is 6.97. The SMILES string of the molecule is Cn1ncc2[c-]n[c-]nc21.[W].[W]. The van der Waals surface area contributed by atoms with Gasteiger partial charge in [-0.15, -0.1) is 6.20 Å². The maximum absolute atomic E-state index is 3.96. The molecule has 0 aliphatic rings. The Labute approximate surface area is 98.3 Å². The van der Waals surface area contributed by atoms with Crippen molar-refractivity contribution >= 4 is 11.0 Å². The Morgan fingerprint density at radius 1 is 1.42 bits per heavy atom. The van der Waals surface area contributed by atoms with E-state index in [1.807, 2.05) is 7.05 Å². The summed E-state index contributed by atoms with van der Waals surface area (Å²) in [5, 5.41) is 4.78. The fourth-order valence-electron chi connectivity index (χ4n) is 0.800. The van der Waals surface area contributed by atoms with Crippen LogP contribution < -0.4 is 0 Å². The predicted molar refractivity (Wildman–Crippen MR) is 34.0 cm³/mol. The van der Waals surface area contributed by atoms with E-state index in [0.29, 0.717) is 0 Å². The maximum Gasteiger partial charge on any atom is 0.0110 e. The van der Waals surface area contributed by atoms with Crippen LogP contribution in [-0.4, -0.2) is 19.7 Å². The third-order valence-electron chi connectivity index (χ3n) is 1.29. The molecule has 0 atom stereocenters. The Balaban J connectivity index is 0.000000605. The first-order valence-corrected chi connectivity index (χ1v) is 2.81. The Morgan fingerprint density at radius 3 is 2.83 bits per heavy atom. The number of hydrogen-bond donors (Lipinski definition) is 0. The normalized spacial score (nSPS) is 8.75. The summed E-state index contributed by atoms with van der Waals surface area (Å²) >= 11 is 0. The van der Waals surface area contributed by atoms with Gasteiger partial charge >= 0.3 is 0 Å². The predicted octanol–water partition coefficient (Wildman–Crippen LogP) is -0.0413. The molecule has 12 heavy (non-hydrogen) atoms. The molecule has 2 rings (SSSR count). The first-order chi connectivity index (χ1) is 4.88. The van der Waals surface area contributed by atoms with Gasteiger partial charge in [-0.05, 0) is 5.65 Å². The van der Waals surface area contributed by atoms with E-state index in [0.717, 1.165) is 11.0 Å². The van der Waals surface area contributed by atoms with Gasteiger partial charge in [0, 0.05) is 49.2 Å². The van der Waals surface area contributed by atoms with Crippen molar-refractivity contribution in [3.8, 4) is 0 Å². The molecule has 0 unspecified atom stereocenters. The van der Waals surface area contributed by atoms with E-state index in [1.165, 1.54) is 0 Å². The van der Waals surface area contributed by atoms with E-state index >= 15 is 0 Å². The molecular weight excluding hydrogens is 496 g/mol. The minimum absolute atomic E-state index is 0. The van der Waals surface area contributed by atoms with Crippen LogP contribution in [0, 0.1) is 12.5 Å². The standard InChI is InChI=1S/C6H4N4.2W/c1-10-6-5(3-9-10)2-7-4-8-6;;/h3H,1H3;;/q-2;;. The van der Waals surface area contributed by atoms with Crippen LogP contribution in [0.15, 0.2) is 6.20 Å². The van der Waals surface area contributed by atoms with E-state index < -0.39 is 0 Å². The van der Waals surface area contributed by atoms with Crippen LogP contribution in [0.2, 0.25) is 0 Å². The first kappa shape index (κ1) is 11.9. The summed E-state index contributed by atoms with van der Waals surface area (Å²) in [7, 11) is 1.82. The molecule has 0 aliphatic heterocycles. The smallest absolute Gasteiger partial charge is 0.0110 e. The van der Waals surface area contributed by atoms with Crippen molar-refractivity contribution in [2.75, 3.05) is 0 Å². The maximum atomic E-state index is 3.96. The van der Waals surface area contributed by atoms with E-state index in [-0.39, 0.29) is 42.1 Å². The summed E-state index contributed by atoms with van der Waals surface area (Å²) in [4.78, 5) is 7.49. The largest absolute Gasteiger partial charge is 0.453 e. The van der Waals surface area contributed by atoms with Crippen LogP contribution in [0.25, 0.3) is 11.0 Å². The molecule has 0 spiro atoms. The topological polar surface area (TPSA) is 43.6 Å². The number of rotatable bonds is 0. The average molecular weight is 500 g/mol. The fourth-order valence-corrected chi connectivity index (χ4v) is 0.800. The van der Waals surface area contributed by atoms with E-state index in [9.17, 15) is 0 Å². The van der Waals surface area contributed by atoms with Crippen molar-refractivity contribution in [1.82, 2.24) is 19.7 Å². The molecule has 6 heteroatoms. The third-order valence-corrected chi connectivity index (χ3v) is 1.29. The molecule has 2 heterocycles. The third kappa shape index (κ3) is 1.99. The summed E-state index contributed by atoms with van der Waals surface area (Å²) in [5.74, 6) is 0. The van der Waals surface area contributed by atoms with Crippen molar-refractivity contribution in [3.05, 3.63) is 18.7 Å². The molecule has 2 aromatic heterocycles. The van der Waals surface area contributed by atoms with Gasteiger partial charge in [0.2, 0.25) is 0 Å². The molecule has 0 saturated heterocycles. The van der Waals surface area contributed by atoms with Gasteiger partial charge in [0.25, 0.3) is 0 Å². The van der Waals surface area contributed by atoms with E-state index in [1.54, 1.807) is 10.9 Å². The minimum atomic E-state index is 0. The molecule has 0 N–H and O–H groups in total. The second-order valence-electron chi connectivity index (χ2n) is 1.94. The van der Waals surface area contributed by atoms with Crippen LogP contribution >= 0.6 is 0 Å². The molecule has 0 bridgehead atoms. The average Bonchev–Trinajstić information content (AvgIpc) is 2.34. The second kappa shape index (κ2) is 4.83. The number of fused-ring (bicyclic) bond motifs is 1. The zero-order valence-corrected chi connectivity index (χ0v) is 12.0. The summed E-state index contributed by atoms with van der Waals surface area (Å²) in [6, 6.07) is 0. The van der Waals surface area contributed by atoms with Crippen LogP contribution in [0.1, 0.15) is 0 Å². The van der Waals surface area contributed by atoms with Gasteiger partial charge in [0.05, 0.1) is 0 Å². The van der Waals surface area contributed by atoms with Crippen LogP contribution in [0.4, 0.5) is 0 Å². The molecule has 0 saturated carbocycles. The van der Waals surface area contributed by atoms with Crippen LogP contribution in [0.3, 0.4) is 0 Å². The first-order valence-electron chi connectivity index (χ1n) is 2.81. The quantitative estimate of drug-likeness (QED) is 0.478. The van der Waals surface area contributed by atoms with Gasteiger partial charge in [0.15, 0.2) is 0 Å². The molecule has 0 fully saturated rings. The molecule has 4 nitrogen and oxygen atoms in total. The number of hydrogen-bond acceptors (Lipinski definition) is 3. The Kier molecular flexibility index (Phi) is 4.80. The summed E-state index contributed by atoms with van der Waals surface area (Å²) in [6.07, 6.45) is 6.84. The Hall–Kier alpha value is -0.0734. The molecule has 62 valence electrons. The Bertz CT molecular complexity index is 359. The van der Waals surface area contributed by atoms with E-state index in [2.05, 4.69) is 27.6 Å². The zero-order valence-electron chi connectivity index (χ0n) is 6.18. The molecule has 0 radical (unpaired) electrons. The minimum Gasteiger partial charge on any atom is -0.453 e. The van der Waals surface area contributed by atoms with Gasteiger partial charge < -0.3 is 14.6 Å². The summed E-state index contributed by atoms with van der Waals surface area (Å²) in [5.41, 5.74) is 0.759. The van der Waals surface area contributed by atoms with Crippen molar-refractivity contribution in [1.29, 1.82) is 0 Å². The number of nitrogens with zero attached hydrogens (tertiary/aromatic N) is 4. The van der Waals surface area contributed by atoms with Crippen molar-refractivity contribution in [2.24, 2.45) is 7.05 Å². The molecule has 0 aromatic carbocycles. The molecule has 2 aromatic rings. The Morgan fingerprint density at radius 2 is 2.17 bits per heavy atom. The van der Waals surface area contributed by atoms with Crippen LogP contribution in [0.5, 0.6) is 0 Å². The fraction of sp³-hybridized carbons (Fsp3) is 0.167. The summed E-state index contributed by atoms with van der Waals surface area (Å²) in [6.45, 7) is 0. The van der Waals surface area contributed by atoms with Crippen molar-refractivity contribution in [3.63, 3.8) is 0 Å². The molecule has 0 amide bonds. The molecule has 0 aliphatic carbocycles.